The van der Waals surface area contributed by atoms with E-state index in [1.807, 2.05) is 0 Å². The first-order valence-corrected chi connectivity index (χ1v) is 7.23. The highest BCUT2D eigenvalue weighted by Crippen LogP contribution is 2.22. The highest BCUT2D eigenvalue weighted by molar-refractivity contribution is 9.10. The highest BCUT2D eigenvalue weighted by Gasteiger charge is 2.13. The molecule has 1 aromatic heterocycles. The fourth-order valence-electron chi connectivity index (χ4n) is 1.85. The third-order valence-corrected chi connectivity index (χ3v) is 3.74. The molecule has 0 saturated carbocycles. The summed E-state index contributed by atoms with van der Waals surface area (Å²) in [5.74, 6) is 0.391. The smallest absolute Gasteiger partial charge is 0.252 e. The molecule has 0 aliphatic heterocycles. The summed E-state index contributed by atoms with van der Waals surface area (Å²) in [4.78, 5) is 12.1. The largest absolute Gasteiger partial charge is 0.497 e. The maximum Gasteiger partial charge on any atom is 0.252 e. The fourth-order valence-corrected chi connectivity index (χ4v) is 2.28. The number of aliphatic hydroxyl groups is 1. The molecule has 0 aliphatic carbocycles. The Labute approximate surface area is 131 Å². The number of ether oxygens (including phenoxy) is 1. The second-order valence-corrected chi connectivity index (χ2v) is 5.32. The molecule has 0 bridgehead atoms. The minimum Gasteiger partial charge on any atom is -0.497 e. The van der Waals surface area contributed by atoms with Gasteiger partial charge in [0, 0.05) is 16.6 Å². The van der Waals surface area contributed by atoms with Gasteiger partial charge in [-0.25, -0.2) is 0 Å². The van der Waals surface area contributed by atoms with Crippen molar-refractivity contribution >= 4 is 21.8 Å². The van der Waals surface area contributed by atoms with Crippen LogP contribution in [-0.4, -0.2) is 24.7 Å². The van der Waals surface area contributed by atoms with Crippen LogP contribution in [0.25, 0.3) is 0 Å². The van der Waals surface area contributed by atoms with Crippen LogP contribution in [0.2, 0.25) is 0 Å². The Hall–Kier alpha value is -1.79. The molecule has 2 N–H and O–H groups in total. The van der Waals surface area contributed by atoms with E-state index in [-0.39, 0.29) is 5.91 Å². The van der Waals surface area contributed by atoms with Crippen LogP contribution in [0.4, 0.5) is 0 Å². The topological polar surface area (TPSA) is 71.7 Å². The third kappa shape index (κ3) is 4.09. The van der Waals surface area contributed by atoms with Crippen LogP contribution in [0.3, 0.4) is 0 Å². The minimum atomic E-state index is -0.655. The normalized spacial score (nSPS) is 12.0. The van der Waals surface area contributed by atoms with Gasteiger partial charge in [-0.1, -0.05) is 0 Å². The molecule has 2 aromatic rings. The zero-order chi connectivity index (χ0) is 15.2. The average Bonchev–Trinajstić information content (AvgIpc) is 3.01. The van der Waals surface area contributed by atoms with Crippen molar-refractivity contribution in [3.63, 3.8) is 0 Å². The van der Waals surface area contributed by atoms with Gasteiger partial charge in [-0.15, -0.1) is 0 Å². The highest BCUT2D eigenvalue weighted by atomic mass is 79.9. The first kappa shape index (κ1) is 15.6. The summed E-state index contributed by atoms with van der Waals surface area (Å²) in [7, 11) is 1.55. The molecule has 1 amide bonds. The van der Waals surface area contributed by atoms with Crippen molar-refractivity contribution in [2.24, 2.45) is 0 Å². The molecular weight excluding hydrogens is 338 g/mol. The van der Waals surface area contributed by atoms with E-state index in [0.717, 1.165) is 0 Å². The Balaban J connectivity index is 1.90. The van der Waals surface area contributed by atoms with Crippen LogP contribution in [0.15, 0.2) is 45.7 Å². The van der Waals surface area contributed by atoms with Crippen molar-refractivity contribution in [1.29, 1.82) is 0 Å². The molecule has 1 aromatic carbocycles. The molecule has 0 saturated heterocycles. The molecule has 0 fully saturated rings. The number of methoxy groups -OCH3 is 1. The van der Waals surface area contributed by atoms with Crippen LogP contribution >= 0.6 is 15.9 Å². The summed E-state index contributed by atoms with van der Waals surface area (Å²) in [5.41, 5.74) is 1.19. The number of halogens is 1. The van der Waals surface area contributed by atoms with E-state index >= 15 is 0 Å². The van der Waals surface area contributed by atoms with Crippen LogP contribution in [0, 0.1) is 0 Å². The number of nitrogens with one attached hydrogen (secondary N) is 1. The second kappa shape index (κ2) is 7.28. The van der Waals surface area contributed by atoms with Gasteiger partial charge in [-0.05, 0) is 46.6 Å². The molecule has 1 atom stereocenters. The van der Waals surface area contributed by atoms with Gasteiger partial charge >= 0.3 is 0 Å². The number of benzene rings is 1. The number of carbonyl (C=O) groups excluding carboxylic acids is 1. The maximum absolute atomic E-state index is 12.1. The number of hydrogen-bond donors (Lipinski definition) is 2. The van der Waals surface area contributed by atoms with Gasteiger partial charge in [0.2, 0.25) is 0 Å². The van der Waals surface area contributed by atoms with Crippen molar-refractivity contribution in [1.82, 2.24) is 5.32 Å². The van der Waals surface area contributed by atoms with E-state index in [1.54, 1.807) is 31.4 Å². The lowest BCUT2D eigenvalue weighted by Gasteiger charge is -2.11. The van der Waals surface area contributed by atoms with E-state index in [0.29, 0.717) is 34.3 Å². The molecular formula is C15H16BrNO4. The van der Waals surface area contributed by atoms with Gasteiger partial charge < -0.3 is 19.6 Å². The maximum atomic E-state index is 12.1. The Morgan fingerprint density at radius 3 is 2.95 bits per heavy atom. The van der Waals surface area contributed by atoms with Gasteiger partial charge in [-0.3, -0.25) is 4.79 Å². The van der Waals surface area contributed by atoms with Crippen molar-refractivity contribution in [2.75, 3.05) is 13.7 Å². The summed E-state index contributed by atoms with van der Waals surface area (Å²) >= 11 is 3.33. The second-order valence-electron chi connectivity index (χ2n) is 4.46. The molecule has 21 heavy (non-hydrogen) atoms. The van der Waals surface area contributed by atoms with Crippen molar-refractivity contribution in [2.45, 2.75) is 12.5 Å². The SMILES string of the molecule is COc1ccc(Br)c(C(=O)NCCC(O)c2ccoc2)c1. The van der Waals surface area contributed by atoms with E-state index in [2.05, 4.69) is 21.2 Å². The first-order chi connectivity index (χ1) is 10.1. The standard InChI is InChI=1S/C15H16BrNO4/c1-20-11-2-3-13(16)12(8-11)15(19)17-6-4-14(18)10-5-7-21-9-10/h2-3,5,7-9,14,18H,4,6H2,1H3,(H,17,19). The Kier molecular flexibility index (Phi) is 5.41. The summed E-state index contributed by atoms with van der Waals surface area (Å²) in [6, 6.07) is 6.88. The number of amides is 1. The number of carbonyl (C=O) groups is 1. The summed E-state index contributed by atoms with van der Waals surface area (Å²) in [5, 5.41) is 12.7. The van der Waals surface area contributed by atoms with E-state index in [4.69, 9.17) is 9.15 Å². The van der Waals surface area contributed by atoms with Gasteiger partial charge in [-0.2, -0.15) is 0 Å². The van der Waals surface area contributed by atoms with Crippen LogP contribution in [0.1, 0.15) is 28.4 Å². The third-order valence-electron chi connectivity index (χ3n) is 3.05. The predicted molar refractivity (Wildman–Crippen MR) is 81.3 cm³/mol. The Bertz CT molecular complexity index is 598. The lowest BCUT2D eigenvalue weighted by atomic mass is 10.1. The molecule has 0 spiro atoms. The molecule has 112 valence electrons. The monoisotopic (exact) mass is 353 g/mol. The average molecular weight is 354 g/mol. The molecule has 2 rings (SSSR count). The summed E-state index contributed by atoms with van der Waals surface area (Å²) < 4.78 is 10.7. The Morgan fingerprint density at radius 2 is 2.29 bits per heavy atom. The van der Waals surface area contributed by atoms with E-state index in [1.165, 1.54) is 12.5 Å². The van der Waals surface area contributed by atoms with Crippen LogP contribution in [-0.2, 0) is 0 Å². The lowest BCUT2D eigenvalue weighted by molar-refractivity contribution is 0.0941. The van der Waals surface area contributed by atoms with Gasteiger partial charge in [0.15, 0.2) is 0 Å². The van der Waals surface area contributed by atoms with Crippen LogP contribution < -0.4 is 10.1 Å². The molecule has 1 heterocycles. The van der Waals surface area contributed by atoms with Gasteiger partial charge in [0.05, 0.1) is 31.3 Å². The van der Waals surface area contributed by atoms with E-state index < -0.39 is 6.10 Å². The van der Waals surface area contributed by atoms with Crippen molar-refractivity contribution < 1.29 is 19.1 Å². The van der Waals surface area contributed by atoms with E-state index in [9.17, 15) is 9.90 Å². The van der Waals surface area contributed by atoms with Crippen molar-refractivity contribution in [3.05, 3.63) is 52.4 Å². The van der Waals surface area contributed by atoms with Crippen LogP contribution in [0.5, 0.6) is 5.75 Å². The molecule has 1 unspecified atom stereocenters. The fraction of sp³-hybridized carbons (Fsp3) is 0.267. The summed E-state index contributed by atoms with van der Waals surface area (Å²) in [6.45, 7) is 0.356. The number of furan rings is 1. The zero-order valence-electron chi connectivity index (χ0n) is 11.5. The zero-order valence-corrected chi connectivity index (χ0v) is 13.1. The molecule has 5 nitrogen and oxygen atoms in total. The number of aliphatic hydroxyl groups excluding tert-OH is 1. The van der Waals surface area contributed by atoms with Gasteiger partial charge in [0.25, 0.3) is 5.91 Å². The molecule has 0 aliphatic rings. The predicted octanol–water partition coefficient (Wildman–Crippen LogP) is 2.90. The lowest BCUT2D eigenvalue weighted by Crippen LogP contribution is -2.26. The quantitative estimate of drug-likeness (QED) is 0.837. The molecule has 6 heteroatoms. The minimum absolute atomic E-state index is 0.222. The summed E-state index contributed by atoms with van der Waals surface area (Å²) in [6.07, 6.45) is 2.75. The first-order valence-electron chi connectivity index (χ1n) is 6.43. The Morgan fingerprint density at radius 1 is 1.48 bits per heavy atom. The molecule has 0 radical (unpaired) electrons. The number of hydrogen-bond acceptors (Lipinski definition) is 4. The van der Waals surface area contributed by atoms with Crippen molar-refractivity contribution in [3.8, 4) is 5.75 Å². The van der Waals surface area contributed by atoms with Gasteiger partial charge in [0.1, 0.15) is 5.75 Å². The number of rotatable bonds is 6.